The van der Waals surface area contributed by atoms with Crippen LogP contribution in [0.1, 0.15) is 0 Å². The van der Waals surface area contributed by atoms with Crippen LogP contribution in [0.5, 0.6) is 0 Å². The Labute approximate surface area is 365 Å². The normalized spacial score (nSPS) is 11.8. The first-order chi connectivity index (χ1) is 31.2. The molecule has 13 rings (SSSR count). The monoisotopic (exact) mass is 822 g/mol. The molecule has 0 spiro atoms. The largest absolute Gasteiger partial charge is 0.456 e. The van der Waals surface area contributed by atoms with Crippen LogP contribution in [0.3, 0.4) is 0 Å². The summed E-state index contributed by atoms with van der Waals surface area (Å²) in [5.41, 5.74) is 12.5. The van der Waals surface area contributed by atoms with E-state index in [1.165, 1.54) is 42.9 Å². The number of hydrogen-bond donors (Lipinski definition) is 0. The van der Waals surface area contributed by atoms with Gasteiger partial charge in [0, 0.05) is 64.1 Å². The number of fused-ring (bicyclic) bond motifs is 9. The molecule has 0 fully saturated rings. The molecule has 0 atom stereocenters. The van der Waals surface area contributed by atoms with Gasteiger partial charge in [0.1, 0.15) is 11.2 Å². The summed E-state index contributed by atoms with van der Waals surface area (Å²) in [6.07, 6.45) is 0. The number of aromatic nitrogens is 4. The molecule has 0 unspecified atom stereocenters. The summed E-state index contributed by atoms with van der Waals surface area (Å²) in [6.45, 7) is 0. The van der Waals surface area contributed by atoms with Crippen molar-refractivity contribution in [2.45, 2.75) is 0 Å². The Morgan fingerprint density at radius 2 is 0.937 bits per heavy atom. The molecule has 0 saturated carbocycles. The zero-order chi connectivity index (χ0) is 41.4. The fraction of sp³-hybridized carbons (Fsp3) is 0. The van der Waals surface area contributed by atoms with E-state index in [9.17, 15) is 0 Å². The lowest BCUT2D eigenvalue weighted by Crippen LogP contribution is -2.00. The first-order valence-electron chi connectivity index (χ1n) is 21.1. The quantitative estimate of drug-likeness (QED) is 0.168. The highest BCUT2D eigenvalue weighted by Gasteiger charge is 2.21. The third-order valence-corrected chi connectivity index (χ3v) is 13.5. The maximum Gasteiger partial charge on any atom is 0.165 e. The summed E-state index contributed by atoms with van der Waals surface area (Å²) in [6, 6.07) is 72.7. The molecule has 0 aliphatic heterocycles. The van der Waals surface area contributed by atoms with Crippen LogP contribution in [0.15, 0.2) is 211 Å². The number of furan rings is 1. The highest BCUT2D eigenvalue weighted by molar-refractivity contribution is 7.26. The van der Waals surface area contributed by atoms with E-state index in [2.05, 4.69) is 180 Å². The van der Waals surface area contributed by atoms with Gasteiger partial charge in [0.25, 0.3) is 0 Å². The molecule has 5 nitrogen and oxygen atoms in total. The van der Waals surface area contributed by atoms with Gasteiger partial charge in [-0.1, -0.05) is 140 Å². The Hall–Kier alpha value is -8.19. The van der Waals surface area contributed by atoms with E-state index < -0.39 is 0 Å². The predicted molar refractivity (Wildman–Crippen MR) is 262 cm³/mol. The van der Waals surface area contributed by atoms with E-state index in [1.54, 1.807) is 11.3 Å². The minimum absolute atomic E-state index is 0.601. The Kier molecular flexibility index (Phi) is 8.01. The molecule has 4 heterocycles. The number of para-hydroxylation sites is 1. The van der Waals surface area contributed by atoms with E-state index in [4.69, 9.17) is 19.4 Å². The lowest BCUT2D eigenvalue weighted by Gasteiger charge is -2.10. The zero-order valence-corrected chi connectivity index (χ0v) is 34.6. The summed E-state index contributed by atoms with van der Waals surface area (Å²) in [5.74, 6) is 1.87. The standard InChI is InChI=1S/C57H34N4OS/c1-4-14-35(15-5-1)37-27-30-48-46(32-37)47-33-38(28-31-49(47)61(48)40-18-8-3-9-19-40)39-26-29-43-51(34-39)62-50-24-13-22-44(53(43)50)56-58-55(36-16-6-2-7-17-36)59-57(60-56)45-23-12-21-42-41-20-10-11-25-52(41)63-54(42)45/h1-34H. The van der Waals surface area contributed by atoms with Crippen molar-refractivity contribution < 1.29 is 4.42 Å². The molecule has 63 heavy (non-hydrogen) atoms. The van der Waals surface area contributed by atoms with Gasteiger partial charge < -0.3 is 8.98 Å². The molecular weight excluding hydrogens is 789 g/mol. The molecule has 4 aromatic heterocycles. The van der Waals surface area contributed by atoms with Gasteiger partial charge in [-0.15, -0.1) is 11.3 Å². The highest BCUT2D eigenvalue weighted by atomic mass is 32.1. The lowest BCUT2D eigenvalue weighted by atomic mass is 9.99. The Balaban J connectivity index is 0.967. The van der Waals surface area contributed by atoms with Gasteiger partial charge >= 0.3 is 0 Å². The van der Waals surface area contributed by atoms with Crippen molar-refractivity contribution in [1.29, 1.82) is 0 Å². The second-order valence-electron chi connectivity index (χ2n) is 15.9. The SMILES string of the molecule is c1ccc(-c2ccc3c(c2)c2cc(-c4ccc5c(c4)oc4cccc(-c6nc(-c7ccccc7)nc(-c7cccc8c7sc7ccccc78)n6)c45)ccc2n3-c2ccccc2)cc1. The third-order valence-electron chi connectivity index (χ3n) is 12.3. The number of benzene rings is 9. The summed E-state index contributed by atoms with van der Waals surface area (Å²) in [4.78, 5) is 15.6. The van der Waals surface area contributed by atoms with Crippen molar-refractivity contribution in [2.24, 2.45) is 0 Å². The maximum atomic E-state index is 6.71. The van der Waals surface area contributed by atoms with Crippen LogP contribution in [0.4, 0.5) is 0 Å². The van der Waals surface area contributed by atoms with Crippen LogP contribution < -0.4 is 0 Å². The molecule has 294 valence electrons. The number of hydrogen-bond acceptors (Lipinski definition) is 5. The minimum atomic E-state index is 0.601. The molecule has 0 N–H and O–H groups in total. The van der Waals surface area contributed by atoms with Crippen LogP contribution in [0, 0.1) is 0 Å². The minimum Gasteiger partial charge on any atom is -0.456 e. The Bertz CT molecular complexity index is 3910. The van der Waals surface area contributed by atoms with Gasteiger partial charge in [-0.2, -0.15) is 0 Å². The van der Waals surface area contributed by atoms with Crippen molar-refractivity contribution in [1.82, 2.24) is 19.5 Å². The molecular formula is C57H34N4OS. The van der Waals surface area contributed by atoms with Crippen LogP contribution in [0.2, 0.25) is 0 Å². The Morgan fingerprint density at radius 1 is 0.365 bits per heavy atom. The predicted octanol–water partition coefficient (Wildman–Crippen LogP) is 15.6. The second-order valence-corrected chi connectivity index (χ2v) is 17.0. The molecule has 0 radical (unpaired) electrons. The van der Waals surface area contributed by atoms with E-state index in [1.807, 2.05) is 30.3 Å². The van der Waals surface area contributed by atoms with Crippen LogP contribution in [-0.4, -0.2) is 19.5 Å². The van der Waals surface area contributed by atoms with Crippen LogP contribution >= 0.6 is 11.3 Å². The van der Waals surface area contributed by atoms with Crippen molar-refractivity contribution in [3.63, 3.8) is 0 Å². The molecule has 0 amide bonds. The van der Waals surface area contributed by atoms with Gasteiger partial charge in [-0.3, -0.25) is 0 Å². The smallest absolute Gasteiger partial charge is 0.165 e. The zero-order valence-electron chi connectivity index (χ0n) is 33.7. The van der Waals surface area contributed by atoms with E-state index in [0.717, 1.165) is 65.7 Å². The van der Waals surface area contributed by atoms with Crippen LogP contribution in [0.25, 0.3) is 126 Å². The fourth-order valence-corrected chi connectivity index (χ4v) is 10.5. The van der Waals surface area contributed by atoms with Gasteiger partial charge in [-0.05, 0) is 89.0 Å². The average molecular weight is 823 g/mol. The maximum absolute atomic E-state index is 6.71. The van der Waals surface area contributed by atoms with Crippen molar-refractivity contribution in [2.75, 3.05) is 0 Å². The molecule has 13 aromatic rings. The van der Waals surface area contributed by atoms with Gasteiger partial charge in [-0.25, -0.2) is 15.0 Å². The number of thiophene rings is 1. The van der Waals surface area contributed by atoms with E-state index >= 15 is 0 Å². The number of rotatable bonds is 6. The van der Waals surface area contributed by atoms with Crippen molar-refractivity contribution in [3.05, 3.63) is 206 Å². The average Bonchev–Trinajstić information content (AvgIpc) is 4.03. The first-order valence-corrected chi connectivity index (χ1v) is 21.9. The van der Waals surface area contributed by atoms with E-state index in [-0.39, 0.29) is 0 Å². The summed E-state index contributed by atoms with van der Waals surface area (Å²) < 4.78 is 11.5. The molecule has 6 heteroatoms. The summed E-state index contributed by atoms with van der Waals surface area (Å²) >= 11 is 1.78. The molecule has 0 saturated heterocycles. The number of nitrogens with zero attached hydrogens (tertiary/aromatic N) is 4. The molecule has 0 bridgehead atoms. The molecule has 0 aliphatic rings. The van der Waals surface area contributed by atoms with Gasteiger partial charge in [0.15, 0.2) is 17.5 Å². The second kappa shape index (κ2) is 14.2. The summed E-state index contributed by atoms with van der Waals surface area (Å²) in [7, 11) is 0. The summed E-state index contributed by atoms with van der Waals surface area (Å²) in [5, 5.41) is 6.83. The van der Waals surface area contributed by atoms with Crippen molar-refractivity contribution in [3.8, 4) is 62.1 Å². The van der Waals surface area contributed by atoms with Crippen LogP contribution in [-0.2, 0) is 0 Å². The fourth-order valence-electron chi connectivity index (χ4n) is 9.32. The van der Waals surface area contributed by atoms with E-state index in [0.29, 0.717) is 17.5 Å². The molecule has 9 aromatic carbocycles. The first kappa shape index (κ1) is 35.6. The van der Waals surface area contributed by atoms with Crippen molar-refractivity contribution >= 4 is 75.3 Å². The van der Waals surface area contributed by atoms with Gasteiger partial charge in [0.05, 0.1) is 11.0 Å². The Morgan fingerprint density at radius 3 is 1.70 bits per heavy atom. The lowest BCUT2D eigenvalue weighted by molar-refractivity contribution is 0.669. The third kappa shape index (κ3) is 5.80. The topological polar surface area (TPSA) is 56.7 Å². The van der Waals surface area contributed by atoms with Gasteiger partial charge in [0.2, 0.25) is 0 Å². The highest BCUT2D eigenvalue weighted by Crippen LogP contribution is 2.43. The molecule has 0 aliphatic carbocycles.